The molecule has 130 valence electrons. The maximum Gasteiger partial charge on any atom is 0.157 e. The number of aldehydes is 1. The van der Waals surface area contributed by atoms with Crippen LogP contribution in [0.15, 0.2) is 48.9 Å². The monoisotopic (exact) mass is 355 g/mol. The molecule has 27 heavy (non-hydrogen) atoms. The average molecular weight is 355 g/mol. The lowest BCUT2D eigenvalue weighted by Crippen LogP contribution is -2.36. The Morgan fingerprint density at radius 1 is 1.19 bits per heavy atom. The van der Waals surface area contributed by atoms with E-state index in [0.29, 0.717) is 23.6 Å². The molecular formula is C19H15B2N3O3. The fourth-order valence-electron chi connectivity index (χ4n) is 3.01. The normalized spacial score (nSPS) is 14.1. The fourth-order valence-corrected chi connectivity index (χ4v) is 3.01. The molecule has 0 saturated heterocycles. The predicted octanol–water partition coefficient (Wildman–Crippen LogP) is 2.19. The molecule has 0 atom stereocenters. The van der Waals surface area contributed by atoms with Crippen LogP contribution in [0.3, 0.4) is 0 Å². The highest BCUT2D eigenvalue weighted by Gasteiger charge is 2.32. The molecule has 4 radical (unpaired) electrons. The third kappa shape index (κ3) is 3.23. The smallest absolute Gasteiger partial charge is 0.157 e. The average Bonchev–Trinajstić information content (AvgIpc) is 3.38. The predicted molar refractivity (Wildman–Crippen MR) is 101 cm³/mol. The summed E-state index contributed by atoms with van der Waals surface area (Å²) >= 11 is 0. The molecule has 8 heteroatoms. The van der Waals surface area contributed by atoms with Crippen molar-refractivity contribution in [2.75, 3.05) is 0 Å². The van der Waals surface area contributed by atoms with Gasteiger partial charge in [-0.15, -0.1) is 0 Å². The zero-order valence-corrected chi connectivity index (χ0v) is 14.4. The van der Waals surface area contributed by atoms with Crippen molar-refractivity contribution in [3.8, 4) is 17.3 Å². The molecule has 0 spiro atoms. The van der Waals surface area contributed by atoms with Gasteiger partial charge in [0, 0.05) is 30.1 Å². The van der Waals surface area contributed by atoms with Crippen molar-refractivity contribution in [1.29, 1.82) is 0 Å². The van der Waals surface area contributed by atoms with Crippen LogP contribution in [-0.4, -0.2) is 41.6 Å². The van der Waals surface area contributed by atoms with Crippen LogP contribution >= 0.6 is 0 Å². The van der Waals surface area contributed by atoms with Crippen LogP contribution in [0.1, 0.15) is 40.5 Å². The van der Waals surface area contributed by atoms with Crippen LogP contribution in [0, 0.1) is 0 Å². The van der Waals surface area contributed by atoms with Gasteiger partial charge in [-0.05, 0) is 31.0 Å². The van der Waals surface area contributed by atoms with E-state index in [2.05, 4.69) is 9.97 Å². The third-order valence-electron chi connectivity index (χ3n) is 4.49. The van der Waals surface area contributed by atoms with E-state index in [4.69, 9.17) is 20.4 Å². The molecule has 0 amide bonds. The molecule has 2 heterocycles. The molecule has 0 bridgehead atoms. The number of phenolic OH excluding ortho intramolecular Hbond substituents is 1. The Balaban J connectivity index is 1.76. The number of carbonyl (C=O) groups is 1. The molecule has 6 nitrogen and oxygen atoms in total. The van der Waals surface area contributed by atoms with Crippen LogP contribution in [0.2, 0.25) is 0 Å². The first-order valence-electron chi connectivity index (χ1n) is 8.54. The van der Waals surface area contributed by atoms with E-state index in [1.807, 2.05) is 4.57 Å². The molecule has 1 aliphatic rings. The van der Waals surface area contributed by atoms with Crippen molar-refractivity contribution in [1.82, 2.24) is 14.5 Å². The number of phenols is 1. The number of benzene rings is 1. The van der Waals surface area contributed by atoms with Crippen LogP contribution in [0.5, 0.6) is 11.5 Å². The summed E-state index contributed by atoms with van der Waals surface area (Å²) in [5.74, 6) is 1.67. The Hall–Kier alpha value is -3.02. The quantitative estimate of drug-likeness (QED) is 0.542. The highest BCUT2D eigenvalue weighted by atomic mass is 16.5. The second kappa shape index (κ2) is 6.61. The molecule has 1 N–H and O–H groups in total. The minimum absolute atomic E-state index is 0.0236. The molecule has 1 fully saturated rings. The number of nitrogens with zero attached hydrogens (tertiary/aromatic N) is 3. The van der Waals surface area contributed by atoms with Crippen LogP contribution in [0.4, 0.5) is 0 Å². The van der Waals surface area contributed by atoms with Gasteiger partial charge in [0.15, 0.2) is 6.29 Å². The number of hydrogen-bond donors (Lipinski definition) is 1. The van der Waals surface area contributed by atoms with Crippen molar-refractivity contribution in [3.63, 3.8) is 0 Å². The largest absolute Gasteiger partial charge is 0.507 e. The van der Waals surface area contributed by atoms with Gasteiger partial charge in [-0.25, -0.2) is 9.97 Å². The zero-order chi connectivity index (χ0) is 19.0. The minimum atomic E-state index is -1.79. The molecule has 1 aliphatic carbocycles. The zero-order valence-electron chi connectivity index (χ0n) is 14.4. The summed E-state index contributed by atoms with van der Waals surface area (Å²) in [6.07, 6.45) is 7.81. The summed E-state index contributed by atoms with van der Waals surface area (Å²) in [4.78, 5) is 20.2. The number of hydrogen-bond acceptors (Lipinski definition) is 5. The first kappa shape index (κ1) is 17.4. The van der Waals surface area contributed by atoms with Crippen molar-refractivity contribution in [3.05, 3.63) is 65.9 Å². The molecule has 0 unspecified atom stereocenters. The molecule has 2 aromatic heterocycles. The molecular weight excluding hydrogens is 340 g/mol. The molecule has 1 aromatic carbocycles. The lowest BCUT2D eigenvalue weighted by molar-refractivity contribution is 0.111. The summed E-state index contributed by atoms with van der Waals surface area (Å²) in [5, 5.41) is 8.06. The summed E-state index contributed by atoms with van der Waals surface area (Å²) in [5.41, 5.74) is 0.398. The highest BCUT2D eigenvalue weighted by Crippen LogP contribution is 2.40. The topological polar surface area (TPSA) is 77.2 Å². The summed E-state index contributed by atoms with van der Waals surface area (Å²) in [6.45, 7) is 0. The standard InChI is InChI=1S/C19H15B2N3O3/c20-19(21,27-16-5-1-4-15(26)13(16)11-25)14-3-2-8-22-18(14)24-10-9-23-17(24)12-6-7-12/h1-5,8-12,26H,6-7H2. The maximum absolute atomic E-state index is 11.3. The van der Waals surface area contributed by atoms with Crippen molar-refractivity contribution >= 4 is 22.0 Å². The van der Waals surface area contributed by atoms with Gasteiger partial charge < -0.3 is 9.84 Å². The number of ether oxygens (including phenoxy) is 1. The number of pyridine rings is 1. The Morgan fingerprint density at radius 3 is 2.74 bits per heavy atom. The highest BCUT2D eigenvalue weighted by molar-refractivity contribution is 6.39. The Kier molecular flexibility index (Phi) is 4.26. The van der Waals surface area contributed by atoms with Crippen LogP contribution < -0.4 is 4.74 Å². The first-order valence-corrected chi connectivity index (χ1v) is 8.54. The number of rotatable bonds is 6. The van der Waals surface area contributed by atoms with E-state index >= 15 is 0 Å². The van der Waals surface area contributed by atoms with Gasteiger partial charge in [0.25, 0.3) is 0 Å². The molecule has 3 aromatic rings. The Morgan fingerprint density at radius 2 is 2.00 bits per heavy atom. The minimum Gasteiger partial charge on any atom is -0.507 e. The van der Waals surface area contributed by atoms with Gasteiger partial charge in [0.2, 0.25) is 0 Å². The van der Waals surface area contributed by atoms with Gasteiger partial charge >= 0.3 is 0 Å². The van der Waals surface area contributed by atoms with Crippen molar-refractivity contribution in [2.45, 2.75) is 24.2 Å². The van der Waals surface area contributed by atoms with Crippen LogP contribution in [-0.2, 0) is 5.40 Å². The lowest BCUT2D eigenvalue weighted by Gasteiger charge is -2.31. The van der Waals surface area contributed by atoms with Gasteiger partial charge in [-0.2, -0.15) is 0 Å². The van der Waals surface area contributed by atoms with E-state index in [1.54, 1.807) is 36.8 Å². The second-order valence-corrected chi connectivity index (χ2v) is 6.51. The Bertz CT molecular complexity index is 999. The first-order chi connectivity index (χ1) is 13.0. The fraction of sp³-hybridized carbons (Fsp3) is 0.211. The van der Waals surface area contributed by atoms with Crippen molar-refractivity contribution < 1.29 is 14.6 Å². The van der Waals surface area contributed by atoms with E-state index in [9.17, 15) is 9.90 Å². The molecule has 4 rings (SSSR count). The summed E-state index contributed by atoms with van der Waals surface area (Å²) < 4.78 is 7.59. The summed E-state index contributed by atoms with van der Waals surface area (Å²) in [6, 6.07) is 7.85. The number of aromatic nitrogens is 3. The lowest BCUT2D eigenvalue weighted by atomic mass is 9.61. The van der Waals surface area contributed by atoms with E-state index in [0.717, 1.165) is 18.7 Å². The number of carbonyl (C=O) groups excluding carboxylic acids is 1. The van der Waals surface area contributed by atoms with E-state index < -0.39 is 5.40 Å². The number of aromatic hydroxyl groups is 1. The Labute approximate surface area is 159 Å². The van der Waals surface area contributed by atoms with Crippen molar-refractivity contribution in [2.24, 2.45) is 0 Å². The second-order valence-electron chi connectivity index (χ2n) is 6.51. The van der Waals surface area contributed by atoms with E-state index in [1.165, 1.54) is 12.1 Å². The SMILES string of the molecule is [B]C([B])(Oc1cccc(O)c1C=O)c1cccnc1-n1ccnc1C1CC1. The van der Waals surface area contributed by atoms with Crippen LogP contribution in [0.25, 0.3) is 5.82 Å². The maximum atomic E-state index is 11.3. The molecule has 0 aliphatic heterocycles. The van der Waals surface area contributed by atoms with Gasteiger partial charge in [-0.1, -0.05) is 12.1 Å². The van der Waals surface area contributed by atoms with Gasteiger partial charge in [0.05, 0.1) is 11.0 Å². The summed E-state index contributed by atoms with van der Waals surface area (Å²) in [7, 11) is 12.6. The van der Waals surface area contributed by atoms with Gasteiger partial charge in [0.1, 0.15) is 38.8 Å². The number of imidazole rings is 1. The third-order valence-corrected chi connectivity index (χ3v) is 4.49. The van der Waals surface area contributed by atoms with Gasteiger partial charge in [-0.3, -0.25) is 9.36 Å². The van der Waals surface area contributed by atoms with E-state index in [-0.39, 0.29) is 17.1 Å². The molecule has 1 saturated carbocycles.